The molecule has 0 radical (unpaired) electrons. The predicted molar refractivity (Wildman–Crippen MR) is 55.1 cm³/mol. The number of rotatable bonds is 4. The van der Waals surface area contributed by atoms with Gasteiger partial charge < -0.3 is 14.8 Å². The summed E-state index contributed by atoms with van der Waals surface area (Å²) in [4.78, 5) is 7.27. The lowest BCUT2D eigenvalue weighted by Gasteiger charge is -1.98. The molecule has 2 aromatic rings. The van der Waals surface area contributed by atoms with Crippen molar-refractivity contribution in [2.45, 2.75) is 26.9 Å². The Labute approximate surface area is 87.9 Å². The van der Waals surface area contributed by atoms with Gasteiger partial charge in [0, 0.05) is 31.0 Å². The van der Waals surface area contributed by atoms with Crippen molar-refractivity contribution in [1.82, 2.24) is 20.4 Å². The maximum absolute atomic E-state index is 4.96. The van der Waals surface area contributed by atoms with E-state index in [0.717, 1.165) is 29.5 Å². The first kappa shape index (κ1) is 9.92. The lowest BCUT2D eigenvalue weighted by molar-refractivity contribution is 0.388. The number of hydrogen-bond acceptors (Lipinski definition) is 4. The summed E-state index contributed by atoms with van der Waals surface area (Å²) in [5.41, 5.74) is 2.00. The first-order valence-corrected chi connectivity index (χ1v) is 4.87. The summed E-state index contributed by atoms with van der Waals surface area (Å²) in [6.45, 7) is 5.28. The lowest BCUT2D eigenvalue weighted by Crippen LogP contribution is -2.13. The maximum Gasteiger partial charge on any atom is 0.133 e. The fourth-order valence-electron chi connectivity index (χ4n) is 1.39. The third-order valence-electron chi connectivity index (χ3n) is 2.05. The summed E-state index contributed by atoms with van der Waals surface area (Å²) < 4.78 is 4.96. The molecule has 0 saturated carbocycles. The number of aromatic amines is 1. The smallest absolute Gasteiger partial charge is 0.133 e. The highest BCUT2D eigenvalue weighted by Gasteiger charge is 2.00. The summed E-state index contributed by atoms with van der Waals surface area (Å²) in [6.07, 6.45) is 1.83. The van der Waals surface area contributed by atoms with Crippen LogP contribution in [-0.4, -0.2) is 15.1 Å². The Morgan fingerprint density at radius 3 is 2.87 bits per heavy atom. The Morgan fingerprint density at radius 2 is 2.27 bits per heavy atom. The zero-order chi connectivity index (χ0) is 10.7. The van der Waals surface area contributed by atoms with E-state index in [1.54, 1.807) is 0 Å². The second-order valence-corrected chi connectivity index (χ2v) is 3.53. The average molecular weight is 206 g/mol. The van der Waals surface area contributed by atoms with Crippen molar-refractivity contribution < 1.29 is 4.52 Å². The highest BCUT2D eigenvalue weighted by molar-refractivity contribution is 5.04. The van der Waals surface area contributed by atoms with Gasteiger partial charge in [0.25, 0.3) is 0 Å². The number of H-pyrrole nitrogens is 1. The van der Waals surface area contributed by atoms with Crippen molar-refractivity contribution in [1.29, 1.82) is 0 Å². The van der Waals surface area contributed by atoms with E-state index in [-0.39, 0.29) is 0 Å². The monoisotopic (exact) mass is 206 g/mol. The van der Waals surface area contributed by atoms with Crippen LogP contribution in [0.15, 0.2) is 16.8 Å². The van der Waals surface area contributed by atoms with Crippen LogP contribution >= 0.6 is 0 Å². The van der Waals surface area contributed by atoms with Crippen molar-refractivity contribution in [3.8, 4) is 0 Å². The zero-order valence-corrected chi connectivity index (χ0v) is 8.87. The molecule has 5 nitrogen and oxygen atoms in total. The van der Waals surface area contributed by atoms with Gasteiger partial charge in [-0.2, -0.15) is 0 Å². The SMILES string of the molecule is Cc1ncc(CNCc2cc(C)on2)[nH]1. The molecule has 5 heteroatoms. The molecule has 2 rings (SSSR count). The first-order valence-electron chi connectivity index (χ1n) is 4.87. The summed E-state index contributed by atoms with van der Waals surface area (Å²) in [6, 6.07) is 1.92. The van der Waals surface area contributed by atoms with Gasteiger partial charge in [-0.1, -0.05) is 5.16 Å². The molecule has 0 aromatic carbocycles. The molecule has 0 bridgehead atoms. The van der Waals surface area contributed by atoms with E-state index < -0.39 is 0 Å². The minimum atomic E-state index is 0.704. The maximum atomic E-state index is 4.96. The predicted octanol–water partition coefficient (Wildman–Crippen LogP) is 1.30. The van der Waals surface area contributed by atoms with Gasteiger partial charge in [0.15, 0.2) is 0 Å². The van der Waals surface area contributed by atoms with Crippen LogP contribution in [0.5, 0.6) is 0 Å². The molecule has 15 heavy (non-hydrogen) atoms. The third-order valence-corrected chi connectivity index (χ3v) is 2.05. The average Bonchev–Trinajstić information content (AvgIpc) is 2.76. The van der Waals surface area contributed by atoms with Crippen LogP contribution in [0, 0.1) is 13.8 Å². The normalized spacial score (nSPS) is 10.8. The Bertz CT molecular complexity index is 392. The quantitative estimate of drug-likeness (QED) is 0.791. The van der Waals surface area contributed by atoms with E-state index in [0.29, 0.717) is 6.54 Å². The Balaban J connectivity index is 1.80. The molecule has 0 aliphatic heterocycles. The van der Waals surface area contributed by atoms with Crippen LogP contribution < -0.4 is 5.32 Å². The molecular formula is C10H14N4O. The lowest BCUT2D eigenvalue weighted by atomic mass is 10.3. The minimum absolute atomic E-state index is 0.704. The molecule has 0 spiro atoms. The summed E-state index contributed by atoms with van der Waals surface area (Å²) in [7, 11) is 0. The largest absolute Gasteiger partial charge is 0.361 e. The zero-order valence-electron chi connectivity index (χ0n) is 8.87. The molecule has 0 aliphatic rings. The standard InChI is InChI=1S/C10H14N4O/c1-7-3-9(14-15-7)4-11-5-10-6-12-8(2)13-10/h3,6,11H,4-5H2,1-2H3,(H,12,13). The Kier molecular flexibility index (Phi) is 2.82. The molecule has 0 unspecified atom stereocenters. The van der Waals surface area contributed by atoms with E-state index >= 15 is 0 Å². The molecule has 0 atom stereocenters. The molecule has 0 saturated heterocycles. The Morgan fingerprint density at radius 1 is 1.40 bits per heavy atom. The van der Waals surface area contributed by atoms with Gasteiger partial charge in [-0.15, -0.1) is 0 Å². The number of aryl methyl sites for hydroxylation is 2. The van der Waals surface area contributed by atoms with E-state index in [9.17, 15) is 0 Å². The van der Waals surface area contributed by atoms with Gasteiger partial charge in [0.2, 0.25) is 0 Å². The molecular weight excluding hydrogens is 192 g/mol. The minimum Gasteiger partial charge on any atom is -0.361 e. The fourth-order valence-corrected chi connectivity index (χ4v) is 1.39. The van der Waals surface area contributed by atoms with Crippen LogP contribution in [0.1, 0.15) is 23.0 Å². The van der Waals surface area contributed by atoms with E-state index in [4.69, 9.17) is 4.52 Å². The second-order valence-electron chi connectivity index (χ2n) is 3.53. The molecule has 0 amide bonds. The van der Waals surface area contributed by atoms with Gasteiger partial charge in [-0.05, 0) is 13.8 Å². The van der Waals surface area contributed by atoms with Crippen molar-refractivity contribution in [3.63, 3.8) is 0 Å². The van der Waals surface area contributed by atoms with Crippen LogP contribution in [-0.2, 0) is 13.1 Å². The number of hydrogen-bond donors (Lipinski definition) is 2. The first-order chi connectivity index (χ1) is 7.24. The van der Waals surface area contributed by atoms with Crippen molar-refractivity contribution in [3.05, 3.63) is 35.2 Å². The molecule has 2 aromatic heterocycles. The highest BCUT2D eigenvalue weighted by Crippen LogP contribution is 2.01. The van der Waals surface area contributed by atoms with Gasteiger partial charge >= 0.3 is 0 Å². The van der Waals surface area contributed by atoms with E-state index in [2.05, 4.69) is 20.4 Å². The van der Waals surface area contributed by atoms with Gasteiger partial charge in [0.1, 0.15) is 11.6 Å². The van der Waals surface area contributed by atoms with Crippen LogP contribution in [0.4, 0.5) is 0 Å². The fraction of sp³-hybridized carbons (Fsp3) is 0.400. The molecule has 80 valence electrons. The van der Waals surface area contributed by atoms with Crippen LogP contribution in [0.2, 0.25) is 0 Å². The van der Waals surface area contributed by atoms with E-state index in [1.807, 2.05) is 26.1 Å². The Hall–Kier alpha value is -1.62. The van der Waals surface area contributed by atoms with Gasteiger partial charge in [0.05, 0.1) is 5.69 Å². The summed E-state index contributed by atoms with van der Waals surface area (Å²) in [5, 5.41) is 7.14. The van der Waals surface area contributed by atoms with Crippen LogP contribution in [0.3, 0.4) is 0 Å². The summed E-state index contributed by atoms with van der Waals surface area (Å²) in [5.74, 6) is 1.77. The topological polar surface area (TPSA) is 66.7 Å². The van der Waals surface area contributed by atoms with Gasteiger partial charge in [-0.3, -0.25) is 0 Å². The van der Waals surface area contributed by atoms with Crippen molar-refractivity contribution in [2.75, 3.05) is 0 Å². The third kappa shape index (κ3) is 2.66. The molecule has 0 aliphatic carbocycles. The number of nitrogens with one attached hydrogen (secondary N) is 2. The second kappa shape index (κ2) is 4.27. The van der Waals surface area contributed by atoms with Crippen LogP contribution in [0.25, 0.3) is 0 Å². The number of nitrogens with zero attached hydrogens (tertiary/aromatic N) is 2. The van der Waals surface area contributed by atoms with E-state index in [1.165, 1.54) is 0 Å². The molecule has 2 N–H and O–H groups in total. The van der Waals surface area contributed by atoms with Crippen molar-refractivity contribution in [2.24, 2.45) is 0 Å². The number of imidazole rings is 1. The highest BCUT2D eigenvalue weighted by atomic mass is 16.5. The number of aromatic nitrogens is 3. The van der Waals surface area contributed by atoms with Crippen molar-refractivity contribution >= 4 is 0 Å². The molecule has 2 heterocycles. The molecule has 0 fully saturated rings. The summed E-state index contributed by atoms with van der Waals surface area (Å²) >= 11 is 0. The van der Waals surface area contributed by atoms with Gasteiger partial charge in [-0.25, -0.2) is 4.98 Å².